The lowest BCUT2D eigenvalue weighted by molar-refractivity contribution is -0.117. The molecule has 0 aliphatic heterocycles. The summed E-state index contributed by atoms with van der Waals surface area (Å²) in [5.41, 5.74) is 8.15. The molecule has 0 bridgehead atoms. The first-order valence-corrected chi connectivity index (χ1v) is 14.3. The summed E-state index contributed by atoms with van der Waals surface area (Å²) in [6.07, 6.45) is 5.74. The van der Waals surface area contributed by atoms with Gasteiger partial charge in [0, 0.05) is 29.1 Å². The van der Waals surface area contributed by atoms with Gasteiger partial charge in [0.1, 0.15) is 18.3 Å². The number of carbonyl (C=O) groups excluding carboxylic acids is 1. The number of anilines is 2. The molecule has 0 aliphatic carbocycles. The highest BCUT2D eigenvalue weighted by Gasteiger charge is 2.19. The van der Waals surface area contributed by atoms with Gasteiger partial charge in [-0.1, -0.05) is 51.1 Å². The van der Waals surface area contributed by atoms with Crippen LogP contribution in [0.2, 0.25) is 0 Å². The number of allylic oxidation sites excluding steroid dienone is 3. The lowest BCUT2D eigenvalue weighted by atomic mass is 10.0. The Morgan fingerprint density at radius 3 is 2.40 bits per heavy atom. The smallest absolute Gasteiger partial charge is 0.238 e. The molecule has 1 amide bonds. The number of pyridine rings is 1. The van der Waals surface area contributed by atoms with Gasteiger partial charge in [-0.3, -0.25) is 14.7 Å². The van der Waals surface area contributed by atoms with E-state index >= 15 is 0 Å². The first-order chi connectivity index (χ1) is 20.7. The molecule has 0 saturated carbocycles. The molecule has 0 saturated heterocycles. The van der Waals surface area contributed by atoms with Gasteiger partial charge in [0.25, 0.3) is 0 Å². The number of benzene rings is 1. The zero-order chi connectivity index (χ0) is 32.4. The Bertz CT molecular complexity index is 1250. The molecule has 236 valence electrons. The summed E-state index contributed by atoms with van der Waals surface area (Å²) in [6.45, 7) is 9.24. The zero-order valence-electron chi connectivity index (χ0n) is 25.7. The Morgan fingerprint density at radius 1 is 1.16 bits per heavy atom. The number of amidine groups is 1. The quantitative estimate of drug-likeness (QED) is 0.0545. The van der Waals surface area contributed by atoms with Crippen LogP contribution < -0.4 is 22.7 Å². The molecule has 13 heteroatoms. The van der Waals surface area contributed by atoms with Gasteiger partial charge in [0.2, 0.25) is 5.91 Å². The second kappa shape index (κ2) is 19.8. The van der Waals surface area contributed by atoms with Crippen molar-refractivity contribution in [1.82, 2.24) is 14.9 Å². The number of nitroso groups, excluding NO2 is 1. The number of rotatable bonds is 15. The van der Waals surface area contributed by atoms with Crippen LogP contribution in [0.4, 0.5) is 20.3 Å². The Hall–Kier alpha value is -4.23. The number of hydrogen-bond acceptors (Lipinski definition) is 9. The molecule has 7 N–H and O–H groups in total. The van der Waals surface area contributed by atoms with E-state index < -0.39 is 12.5 Å². The number of halogens is 2. The predicted octanol–water partition coefficient (Wildman–Crippen LogP) is 5.12. The number of amides is 1. The standard InChI is InChI=1S/C28H39F2N9O2.C2H6/c1-4-6-7-25(30)22(14-29)17-39(33)28(37-32)24-13-21(16-34-27(24)31)20-8-10-23(11-9-20)36-26(40)18-38(12-5-2)19(3)15-35-41;1-2/h6-11,13,16,19H,4-5,12,14-15,17-18,32-33H2,1-3H3,(H2,31,34)(H,36,40);1-2H3/b7-6-,25-22+,37-28-;. The third-order valence-electron chi connectivity index (χ3n) is 6.24. The highest BCUT2D eigenvalue weighted by molar-refractivity contribution is 6.03. The normalized spacial score (nSPS) is 12.8. The van der Waals surface area contributed by atoms with Crippen LogP contribution in [0.5, 0.6) is 0 Å². The first kappa shape index (κ1) is 36.8. The molecule has 1 atom stereocenters. The summed E-state index contributed by atoms with van der Waals surface area (Å²) in [5, 5.41) is 10.5. The van der Waals surface area contributed by atoms with E-state index in [1.54, 1.807) is 42.6 Å². The van der Waals surface area contributed by atoms with E-state index in [1.165, 1.54) is 6.08 Å². The fourth-order valence-electron chi connectivity index (χ4n) is 4.01. The number of nitrogens with two attached hydrogens (primary N) is 3. The van der Waals surface area contributed by atoms with E-state index in [9.17, 15) is 18.5 Å². The van der Waals surface area contributed by atoms with Crippen LogP contribution in [0.25, 0.3) is 11.1 Å². The summed E-state index contributed by atoms with van der Waals surface area (Å²) < 4.78 is 27.9. The number of hydrazone groups is 1. The molecule has 1 aromatic carbocycles. The summed E-state index contributed by atoms with van der Waals surface area (Å²) in [4.78, 5) is 29.4. The maximum atomic E-state index is 14.3. The number of nitrogens with zero attached hydrogens (tertiary/aromatic N) is 5. The lowest BCUT2D eigenvalue weighted by Gasteiger charge is -2.26. The van der Waals surface area contributed by atoms with Crippen LogP contribution in [0.1, 0.15) is 53.0 Å². The van der Waals surface area contributed by atoms with Crippen LogP contribution in [0.3, 0.4) is 0 Å². The van der Waals surface area contributed by atoms with E-state index in [4.69, 9.17) is 17.4 Å². The molecule has 0 radical (unpaired) electrons. The summed E-state index contributed by atoms with van der Waals surface area (Å²) in [7, 11) is 0. The highest BCUT2D eigenvalue weighted by Crippen LogP contribution is 2.25. The highest BCUT2D eigenvalue weighted by atomic mass is 19.1. The number of hydrogen-bond donors (Lipinski definition) is 4. The van der Waals surface area contributed by atoms with Gasteiger partial charge in [-0.25, -0.2) is 19.6 Å². The van der Waals surface area contributed by atoms with Crippen molar-refractivity contribution in [2.75, 3.05) is 43.9 Å². The van der Waals surface area contributed by atoms with Gasteiger partial charge in [-0.2, -0.15) is 10.0 Å². The number of hydrazine groups is 1. The fraction of sp³-hybridized carbons (Fsp3) is 0.433. The zero-order valence-corrected chi connectivity index (χ0v) is 25.7. The van der Waals surface area contributed by atoms with E-state index in [1.807, 2.05) is 39.5 Å². The van der Waals surface area contributed by atoms with E-state index in [2.05, 4.69) is 20.6 Å². The van der Waals surface area contributed by atoms with E-state index in [0.29, 0.717) is 24.2 Å². The predicted molar refractivity (Wildman–Crippen MR) is 171 cm³/mol. The molecule has 43 heavy (non-hydrogen) atoms. The van der Waals surface area contributed by atoms with Crippen molar-refractivity contribution in [2.45, 2.75) is 53.5 Å². The summed E-state index contributed by atoms with van der Waals surface area (Å²) in [6, 6.07) is 8.57. The number of nitrogens with one attached hydrogen (secondary N) is 1. The lowest BCUT2D eigenvalue weighted by Crippen LogP contribution is -2.41. The Morgan fingerprint density at radius 2 is 1.84 bits per heavy atom. The monoisotopic (exact) mass is 601 g/mol. The maximum absolute atomic E-state index is 14.3. The van der Waals surface area contributed by atoms with Crippen LogP contribution in [-0.2, 0) is 4.79 Å². The van der Waals surface area contributed by atoms with Gasteiger partial charge in [-0.15, -0.1) is 0 Å². The molecule has 11 nitrogen and oxygen atoms in total. The minimum absolute atomic E-state index is 0.00500. The molecular formula is C30H45F2N9O2. The fourth-order valence-corrected chi connectivity index (χ4v) is 4.01. The van der Waals surface area contributed by atoms with Crippen LogP contribution in [0, 0.1) is 4.91 Å². The van der Waals surface area contributed by atoms with Gasteiger partial charge in [0.05, 0.1) is 25.2 Å². The summed E-state index contributed by atoms with van der Waals surface area (Å²) in [5.74, 6) is 10.8. The molecule has 1 unspecified atom stereocenters. The Kier molecular flexibility index (Phi) is 17.0. The van der Waals surface area contributed by atoms with Gasteiger partial charge < -0.3 is 16.9 Å². The number of alkyl halides is 1. The largest absolute Gasteiger partial charge is 0.383 e. The maximum Gasteiger partial charge on any atom is 0.238 e. The average Bonchev–Trinajstić information content (AvgIpc) is 3.01. The van der Waals surface area contributed by atoms with Crippen molar-refractivity contribution >= 4 is 23.2 Å². The molecule has 2 rings (SSSR count). The second-order valence-corrected chi connectivity index (χ2v) is 9.39. The molecule has 1 aromatic heterocycles. The molecule has 0 spiro atoms. The van der Waals surface area contributed by atoms with Crippen molar-refractivity contribution < 1.29 is 13.6 Å². The van der Waals surface area contributed by atoms with Gasteiger partial charge in [0.15, 0.2) is 5.84 Å². The average molecular weight is 602 g/mol. The second-order valence-electron chi connectivity index (χ2n) is 9.39. The van der Waals surface area contributed by atoms with Crippen LogP contribution in [0.15, 0.2) is 70.4 Å². The van der Waals surface area contributed by atoms with E-state index in [0.717, 1.165) is 17.0 Å². The number of nitrogen functional groups attached to an aromatic ring is 1. The van der Waals surface area contributed by atoms with Crippen LogP contribution >= 0.6 is 0 Å². The minimum atomic E-state index is -1.05. The Labute approximate surface area is 252 Å². The van der Waals surface area contributed by atoms with E-state index in [-0.39, 0.29) is 54.4 Å². The molecule has 1 heterocycles. The summed E-state index contributed by atoms with van der Waals surface area (Å²) >= 11 is 0. The third kappa shape index (κ3) is 11.5. The topological polar surface area (TPSA) is 168 Å². The van der Waals surface area contributed by atoms with Gasteiger partial charge >= 0.3 is 0 Å². The van der Waals surface area contributed by atoms with Crippen molar-refractivity contribution in [3.05, 3.63) is 70.6 Å². The molecule has 2 aromatic rings. The first-order valence-electron chi connectivity index (χ1n) is 14.3. The minimum Gasteiger partial charge on any atom is -0.383 e. The number of aromatic nitrogens is 1. The van der Waals surface area contributed by atoms with Crippen LogP contribution in [-0.4, -0.2) is 65.5 Å². The molecule has 0 aliphatic rings. The van der Waals surface area contributed by atoms with Crippen molar-refractivity contribution in [1.29, 1.82) is 0 Å². The number of carbonyl (C=O) groups is 1. The SMILES string of the molecule is CC.CC/C=C\C(F)=C(\CF)CN(N)/C(=N\N)c1cc(-c2ccc(NC(=O)CN(CCC)C(C)CN=O)cc2)cnc1N. The molecular weight excluding hydrogens is 556 g/mol. The van der Waals surface area contributed by atoms with Gasteiger partial charge in [-0.05, 0) is 56.1 Å². The van der Waals surface area contributed by atoms with Crippen molar-refractivity contribution in [3.8, 4) is 11.1 Å². The molecule has 0 fully saturated rings. The third-order valence-corrected chi connectivity index (χ3v) is 6.24. The Balaban J connectivity index is 0.00000452. The van der Waals surface area contributed by atoms with Crippen molar-refractivity contribution in [3.63, 3.8) is 0 Å². The van der Waals surface area contributed by atoms with Crippen molar-refractivity contribution in [2.24, 2.45) is 22.0 Å².